The Hall–Kier alpha value is -1.89. The number of unbranched alkanes of at least 4 members (excludes halogenated alkanes) is 1. The highest BCUT2D eigenvalue weighted by Gasteiger charge is 2.33. The molecule has 186 valence electrons. The number of rotatable bonds is 16. The zero-order chi connectivity index (χ0) is 24.8. The van der Waals surface area contributed by atoms with E-state index in [1.165, 1.54) is 18.7 Å². The molecule has 0 aliphatic carbocycles. The van der Waals surface area contributed by atoms with Gasteiger partial charge in [-0.25, -0.2) is 4.79 Å². The number of carbonyl (C=O) groups is 4. The normalized spacial score (nSPS) is 15.9. The molecular weight excluding hydrogens is 438 g/mol. The molecule has 0 aliphatic rings. The third-order valence-corrected chi connectivity index (χ3v) is 5.49. The molecule has 0 saturated carbocycles. The van der Waals surface area contributed by atoms with Crippen molar-refractivity contribution in [2.75, 3.05) is 18.6 Å². The number of carbonyl (C=O) groups excluding carboxylic acids is 3. The van der Waals surface area contributed by atoms with Crippen LogP contribution in [0.25, 0.3) is 0 Å². The Balaban J connectivity index is 5.28. The molecule has 0 aromatic heterocycles. The fourth-order valence-electron chi connectivity index (χ4n) is 2.84. The second kappa shape index (κ2) is 15.8. The summed E-state index contributed by atoms with van der Waals surface area (Å²) in [5, 5.41) is 26.7. The first kappa shape index (κ1) is 30.1. The number of hydrogen-bond donors (Lipinski definition) is 7. The van der Waals surface area contributed by atoms with Crippen molar-refractivity contribution in [3.8, 4) is 0 Å². The number of carboxylic acids is 1. The van der Waals surface area contributed by atoms with Gasteiger partial charge in [-0.2, -0.15) is 11.8 Å². The predicted molar refractivity (Wildman–Crippen MR) is 124 cm³/mol. The average Bonchev–Trinajstić information content (AvgIpc) is 2.71. The van der Waals surface area contributed by atoms with Crippen LogP contribution in [0, 0.1) is 5.92 Å². The molecule has 5 unspecified atom stereocenters. The van der Waals surface area contributed by atoms with E-state index in [4.69, 9.17) is 11.5 Å². The summed E-state index contributed by atoms with van der Waals surface area (Å²) in [5.74, 6) is -3.07. The number of nitrogens with one attached hydrogen (secondary N) is 3. The van der Waals surface area contributed by atoms with Gasteiger partial charge in [-0.05, 0) is 50.7 Å². The van der Waals surface area contributed by atoms with E-state index in [9.17, 15) is 29.4 Å². The maximum absolute atomic E-state index is 12.8. The number of hydrogen-bond acceptors (Lipinski definition) is 8. The highest BCUT2D eigenvalue weighted by atomic mass is 32.2. The lowest BCUT2D eigenvalue weighted by Gasteiger charge is -2.27. The molecule has 9 N–H and O–H groups in total. The Morgan fingerprint density at radius 1 is 0.906 bits per heavy atom. The van der Waals surface area contributed by atoms with Crippen LogP contribution in [-0.2, 0) is 19.2 Å². The lowest BCUT2D eigenvalue weighted by atomic mass is 10.0. The monoisotopic (exact) mass is 477 g/mol. The summed E-state index contributed by atoms with van der Waals surface area (Å²) in [7, 11) is 0. The smallest absolute Gasteiger partial charge is 0.326 e. The second-order valence-electron chi connectivity index (χ2n) is 8.03. The van der Waals surface area contributed by atoms with Gasteiger partial charge in [0.05, 0.1) is 12.1 Å². The fraction of sp³-hybridized carbons (Fsp3) is 0.800. The predicted octanol–water partition coefficient (Wildman–Crippen LogP) is -1.23. The van der Waals surface area contributed by atoms with Gasteiger partial charge >= 0.3 is 5.97 Å². The lowest BCUT2D eigenvalue weighted by molar-refractivity contribution is -0.144. The van der Waals surface area contributed by atoms with Crippen molar-refractivity contribution in [3.05, 3.63) is 0 Å². The summed E-state index contributed by atoms with van der Waals surface area (Å²) in [6.07, 6.45) is 2.67. The maximum Gasteiger partial charge on any atom is 0.326 e. The molecule has 0 radical (unpaired) electrons. The molecule has 0 aliphatic heterocycles. The minimum atomic E-state index is -1.39. The van der Waals surface area contributed by atoms with Crippen molar-refractivity contribution in [1.82, 2.24) is 16.0 Å². The third-order valence-electron chi connectivity index (χ3n) is 4.84. The van der Waals surface area contributed by atoms with Crippen LogP contribution in [0.5, 0.6) is 0 Å². The maximum atomic E-state index is 12.8. The first-order valence-corrected chi connectivity index (χ1v) is 12.1. The molecule has 0 rings (SSSR count). The standard InChI is InChI=1S/C20H39N5O6S/c1-11(2)15(20(30)31)24-19(29)16(12(3)26)25-18(28)14(8-10-32-4)23-17(27)13(22)7-5-6-9-21/h11-16,26H,5-10,21-22H2,1-4H3,(H,23,27)(H,24,29)(H,25,28)(H,30,31). The topological polar surface area (TPSA) is 197 Å². The molecule has 0 fully saturated rings. The number of aliphatic carboxylic acids is 1. The minimum absolute atomic E-state index is 0.284. The summed E-state index contributed by atoms with van der Waals surface area (Å²) < 4.78 is 0. The van der Waals surface area contributed by atoms with Crippen molar-refractivity contribution in [3.63, 3.8) is 0 Å². The van der Waals surface area contributed by atoms with E-state index in [0.717, 1.165) is 6.42 Å². The van der Waals surface area contributed by atoms with Gasteiger partial charge in [-0.15, -0.1) is 0 Å². The van der Waals surface area contributed by atoms with Gasteiger partial charge in [0.2, 0.25) is 17.7 Å². The molecule has 0 bridgehead atoms. The molecule has 5 atom stereocenters. The van der Waals surface area contributed by atoms with Crippen molar-refractivity contribution in [2.24, 2.45) is 17.4 Å². The Labute approximate surface area is 193 Å². The van der Waals surface area contributed by atoms with Gasteiger partial charge in [-0.3, -0.25) is 14.4 Å². The Morgan fingerprint density at radius 3 is 1.97 bits per heavy atom. The number of aliphatic hydroxyl groups excluding tert-OH is 1. The van der Waals surface area contributed by atoms with E-state index in [1.54, 1.807) is 13.8 Å². The van der Waals surface area contributed by atoms with Crippen LogP contribution >= 0.6 is 11.8 Å². The van der Waals surface area contributed by atoms with Crippen LogP contribution in [-0.4, -0.2) is 82.7 Å². The molecule has 32 heavy (non-hydrogen) atoms. The Bertz CT molecular complexity index is 619. The first-order valence-electron chi connectivity index (χ1n) is 10.7. The van der Waals surface area contributed by atoms with Crippen LogP contribution in [0.1, 0.15) is 46.5 Å². The van der Waals surface area contributed by atoms with E-state index in [-0.39, 0.29) is 6.42 Å². The zero-order valence-electron chi connectivity index (χ0n) is 19.3. The van der Waals surface area contributed by atoms with Crippen molar-refractivity contribution < 1.29 is 29.4 Å². The number of carboxylic acid groups (broad SMARTS) is 1. The average molecular weight is 478 g/mol. The highest BCUT2D eigenvalue weighted by molar-refractivity contribution is 7.98. The quantitative estimate of drug-likeness (QED) is 0.133. The van der Waals surface area contributed by atoms with Crippen molar-refractivity contribution in [2.45, 2.75) is 76.7 Å². The van der Waals surface area contributed by atoms with Gasteiger partial charge in [0.25, 0.3) is 0 Å². The number of amides is 3. The molecule has 0 saturated heterocycles. The van der Waals surface area contributed by atoms with Gasteiger partial charge in [0, 0.05) is 0 Å². The molecule has 0 aromatic rings. The van der Waals surface area contributed by atoms with Crippen LogP contribution in [0.2, 0.25) is 0 Å². The summed E-state index contributed by atoms with van der Waals surface area (Å²) >= 11 is 1.48. The van der Waals surface area contributed by atoms with Crippen molar-refractivity contribution in [1.29, 1.82) is 0 Å². The fourth-order valence-corrected chi connectivity index (χ4v) is 3.31. The molecule has 11 nitrogen and oxygen atoms in total. The van der Waals surface area contributed by atoms with E-state index >= 15 is 0 Å². The number of aliphatic hydroxyl groups is 1. The molecule has 0 heterocycles. The van der Waals surface area contributed by atoms with Gasteiger partial charge in [-0.1, -0.05) is 20.3 Å². The second-order valence-corrected chi connectivity index (χ2v) is 9.01. The minimum Gasteiger partial charge on any atom is -0.480 e. The van der Waals surface area contributed by atoms with Crippen LogP contribution < -0.4 is 27.4 Å². The molecule has 3 amide bonds. The van der Waals surface area contributed by atoms with Crippen molar-refractivity contribution >= 4 is 35.5 Å². The Kier molecular flexibility index (Phi) is 14.9. The zero-order valence-corrected chi connectivity index (χ0v) is 20.1. The molecule has 0 aromatic carbocycles. The van der Waals surface area contributed by atoms with Gasteiger partial charge in [0.1, 0.15) is 18.1 Å². The summed E-state index contributed by atoms with van der Waals surface area (Å²) in [5.41, 5.74) is 11.3. The van der Waals surface area contributed by atoms with E-state index in [0.29, 0.717) is 25.1 Å². The SMILES string of the molecule is CSCCC(NC(=O)C(N)CCCCN)C(=O)NC(C(=O)NC(C(=O)O)C(C)C)C(C)O. The van der Waals surface area contributed by atoms with Gasteiger partial charge < -0.3 is 37.6 Å². The number of thioether (sulfide) groups is 1. The van der Waals surface area contributed by atoms with Crippen LogP contribution in [0.3, 0.4) is 0 Å². The van der Waals surface area contributed by atoms with Crippen LogP contribution in [0.15, 0.2) is 0 Å². The van der Waals surface area contributed by atoms with Crippen LogP contribution in [0.4, 0.5) is 0 Å². The summed E-state index contributed by atoms with van der Waals surface area (Å²) in [4.78, 5) is 49.2. The van der Waals surface area contributed by atoms with E-state index < -0.39 is 59.9 Å². The largest absolute Gasteiger partial charge is 0.480 e. The Morgan fingerprint density at radius 2 is 1.50 bits per heavy atom. The third kappa shape index (κ3) is 11.1. The van der Waals surface area contributed by atoms with E-state index in [2.05, 4.69) is 16.0 Å². The molecule has 12 heteroatoms. The number of nitrogens with two attached hydrogens (primary N) is 2. The first-order chi connectivity index (χ1) is 15.0. The summed E-state index contributed by atoms with van der Waals surface area (Å²) in [6, 6.07) is -4.34. The lowest BCUT2D eigenvalue weighted by Crippen LogP contribution is -2.60. The van der Waals surface area contributed by atoms with E-state index in [1.807, 2.05) is 6.26 Å². The molecule has 0 spiro atoms. The summed E-state index contributed by atoms with van der Waals surface area (Å²) in [6.45, 7) is 5.05. The molecular formula is C20H39N5O6S. The van der Waals surface area contributed by atoms with Gasteiger partial charge in [0.15, 0.2) is 0 Å². The highest BCUT2D eigenvalue weighted by Crippen LogP contribution is 2.07.